The maximum atomic E-state index is 13.3. The molecule has 284 valence electrons. The lowest BCUT2D eigenvalue weighted by molar-refractivity contribution is -0.224. The van der Waals surface area contributed by atoms with Crippen LogP contribution in [-0.4, -0.2) is 79.6 Å². The summed E-state index contributed by atoms with van der Waals surface area (Å²) in [6, 6.07) is 0. The van der Waals surface area contributed by atoms with Crippen molar-refractivity contribution in [2.75, 3.05) is 13.2 Å². The van der Waals surface area contributed by atoms with Gasteiger partial charge in [-0.1, -0.05) is 20.8 Å². The quantitative estimate of drug-likeness (QED) is 0.157. The van der Waals surface area contributed by atoms with Crippen LogP contribution in [0.4, 0.5) is 8.78 Å². The van der Waals surface area contributed by atoms with Gasteiger partial charge in [0.15, 0.2) is 23.3 Å². The van der Waals surface area contributed by atoms with Crippen molar-refractivity contribution >= 4 is 40.0 Å². The van der Waals surface area contributed by atoms with Crippen LogP contribution in [-0.2, 0) is 57.8 Å². The monoisotopic (exact) mass is 735 g/mol. The lowest BCUT2D eigenvalue weighted by Crippen LogP contribution is -2.63. The number of rotatable bonds is 12. The van der Waals surface area contributed by atoms with Crippen LogP contribution in [0, 0.1) is 46.3 Å². The Hall–Kier alpha value is -2.88. The molecule has 0 aromatic carbocycles. The minimum absolute atomic E-state index is 0.000564. The highest BCUT2D eigenvalue weighted by atomic mass is 32.2. The number of halogens is 2. The molecule has 0 bridgehead atoms. The molecular weight excluding hydrogens is 686 g/mol. The summed E-state index contributed by atoms with van der Waals surface area (Å²) < 4.78 is 85.0. The van der Waals surface area contributed by atoms with E-state index in [1.54, 1.807) is 0 Å². The molecule has 0 aliphatic heterocycles. The van der Waals surface area contributed by atoms with Gasteiger partial charge < -0.3 is 28.2 Å². The molecule has 0 N–H and O–H groups in total. The predicted molar refractivity (Wildman–Crippen MR) is 168 cm³/mol. The molecule has 0 amide bonds. The molecule has 0 saturated heterocycles. The van der Waals surface area contributed by atoms with Gasteiger partial charge in [0.1, 0.15) is 18.3 Å². The van der Waals surface area contributed by atoms with E-state index in [2.05, 4.69) is 18.6 Å². The average molecular weight is 736 g/mol. The summed E-state index contributed by atoms with van der Waals surface area (Å²) in [6.07, 6.45) is 4.15. The molecule has 13 nitrogen and oxygen atoms in total. The smallest absolute Gasteiger partial charge is 0.367 e. The molecule has 4 aliphatic rings. The lowest BCUT2D eigenvalue weighted by Gasteiger charge is -2.64. The van der Waals surface area contributed by atoms with Crippen molar-refractivity contribution in [1.82, 2.24) is 0 Å². The van der Waals surface area contributed by atoms with Crippen molar-refractivity contribution in [3.8, 4) is 0 Å². The van der Waals surface area contributed by atoms with E-state index in [0.717, 1.165) is 25.7 Å². The van der Waals surface area contributed by atoms with Crippen LogP contribution in [0.25, 0.3) is 0 Å². The minimum Gasteiger partial charge on any atom is -0.743 e. The molecule has 0 heterocycles. The molecule has 4 saturated carbocycles. The van der Waals surface area contributed by atoms with Crippen LogP contribution in [0.15, 0.2) is 0 Å². The van der Waals surface area contributed by atoms with Gasteiger partial charge in [-0.05, 0) is 86.4 Å². The Morgan fingerprint density at radius 1 is 0.860 bits per heavy atom. The van der Waals surface area contributed by atoms with Crippen LogP contribution in [0.1, 0.15) is 99.3 Å². The molecule has 16 heteroatoms. The number of hydrogen-bond acceptors (Lipinski definition) is 13. The van der Waals surface area contributed by atoms with Crippen molar-refractivity contribution in [3.05, 3.63) is 0 Å². The number of ether oxygens (including phenoxy) is 5. The Kier molecular flexibility index (Phi) is 12.0. The Bertz CT molecular complexity index is 1440. The Morgan fingerprint density at radius 3 is 2.10 bits per heavy atom. The largest absolute Gasteiger partial charge is 0.743 e. The number of fused-ring (bicyclic) bond motifs is 5. The van der Waals surface area contributed by atoms with Crippen molar-refractivity contribution in [1.29, 1.82) is 0 Å². The van der Waals surface area contributed by atoms with Gasteiger partial charge in [0.2, 0.25) is 0 Å². The molecule has 50 heavy (non-hydrogen) atoms. The van der Waals surface area contributed by atoms with Crippen LogP contribution < -0.4 is 0 Å². The lowest BCUT2D eigenvalue weighted by atomic mass is 9.43. The first-order valence-corrected chi connectivity index (χ1v) is 18.7. The normalized spacial score (nSPS) is 35.7. The van der Waals surface area contributed by atoms with Gasteiger partial charge >= 0.3 is 35.1 Å². The second-order valence-electron chi connectivity index (χ2n) is 15.2. The second-order valence-corrected chi connectivity index (χ2v) is 16.7. The number of carbonyl (C=O) groups excluding carboxylic acids is 5. The van der Waals surface area contributed by atoms with Crippen LogP contribution in [0.5, 0.6) is 0 Å². The molecule has 4 aliphatic carbocycles. The molecule has 4 rings (SSSR count). The van der Waals surface area contributed by atoms with Gasteiger partial charge in [-0.15, -0.1) is 0 Å². The average Bonchev–Trinajstić information content (AvgIpc) is 3.35. The Morgan fingerprint density at radius 2 is 1.50 bits per heavy atom. The van der Waals surface area contributed by atoms with E-state index in [-0.39, 0.29) is 71.5 Å². The zero-order chi connectivity index (χ0) is 37.4. The first kappa shape index (κ1) is 39.9. The zero-order valence-corrected chi connectivity index (χ0v) is 30.3. The Labute approximate surface area is 291 Å². The van der Waals surface area contributed by atoms with Gasteiger partial charge in [0.05, 0.1) is 0 Å². The van der Waals surface area contributed by atoms with Crippen LogP contribution in [0.3, 0.4) is 0 Å². The third-order valence-corrected chi connectivity index (χ3v) is 13.2. The van der Waals surface area contributed by atoms with E-state index in [0.29, 0.717) is 25.7 Å². The van der Waals surface area contributed by atoms with Crippen molar-refractivity contribution < 1.29 is 69.4 Å². The fourth-order valence-electron chi connectivity index (χ4n) is 10.2. The zero-order valence-electron chi connectivity index (χ0n) is 29.4. The number of hydrogen-bond donors (Lipinski definition) is 0. The first-order valence-electron chi connectivity index (χ1n) is 17.3. The summed E-state index contributed by atoms with van der Waals surface area (Å²) in [5.41, 5.74) is -0.685. The van der Waals surface area contributed by atoms with Crippen LogP contribution >= 0.6 is 0 Å². The van der Waals surface area contributed by atoms with Gasteiger partial charge in [0, 0.05) is 38.5 Å². The van der Waals surface area contributed by atoms with Crippen molar-refractivity contribution in [2.45, 2.75) is 123 Å². The summed E-state index contributed by atoms with van der Waals surface area (Å²) in [6.45, 7) is 7.53. The first-order chi connectivity index (χ1) is 23.1. The maximum Gasteiger partial charge on any atom is 0.367 e. The molecule has 0 aromatic rings. The fraction of sp³-hybridized carbons (Fsp3) is 0.853. The van der Waals surface area contributed by atoms with E-state index in [1.165, 1.54) is 20.8 Å². The molecule has 11 atom stereocenters. The summed E-state index contributed by atoms with van der Waals surface area (Å²) in [5.74, 6) is -3.20. The highest BCUT2D eigenvalue weighted by molar-refractivity contribution is 7.86. The van der Waals surface area contributed by atoms with E-state index >= 15 is 0 Å². The highest BCUT2D eigenvalue weighted by Crippen LogP contribution is 2.69. The predicted octanol–water partition coefficient (Wildman–Crippen LogP) is 4.30. The summed E-state index contributed by atoms with van der Waals surface area (Å²) in [7, 11) is -6.04. The van der Waals surface area contributed by atoms with Gasteiger partial charge in [-0.25, -0.2) is 13.2 Å². The molecule has 0 radical (unpaired) electrons. The minimum atomic E-state index is -6.04. The SMILES string of the molecule is CC(=O)OC1CC[C@@]2(C)[C@@H](C1)CC(OC(C)=O)[C@@H]1[C@@H]2CC(OC(C)=O)[C@]2(C)[C@@H]([C@H](C)CCC(=O)OCC(=O)OCC(F)(F)S(=O)(=O)[O-])CC[C@@H]12. The highest BCUT2D eigenvalue weighted by Gasteiger charge is 2.67. The van der Waals surface area contributed by atoms with Gasteiger partial charge in [-0.2, -0.15) is 8.78 Å². The molecule has 0 aromatic heterocycles. The number of esters is 5. The van der Waals surface area contributed by atoms with E-state index in [9.17, 15) is 45.7 Å². The summed E-state index contributed by atoms with van der Waals surface area (Å²) in [5, 5.41) is -4.82. The van der Waals surface area contributed by atoms with E-state index < -0.39 is 58.0 Å². The van der Waals surface area contributed by atoms with Gasteiger partial charge in [-0.3, -0.25) is 19.2 Å². The molecule has 3 unspecified atom stereocenters. The Balaban J connectivity index is 1.48. The summed E-state index contributed by atoms with van der Waals surface area (Å²) >= 11 is 0. The third-order valence-electron chi connectivity index (χ3n) is 12.3. The maximum absolute atomic E-state index is 13.3. The summed E-state index contributed by atoms with van der Waals surface area (Å²) in [4.78, 5) is 61.1. The topological polar surface area (TPSA) is 189 Å². The molecular formula is C34H49F2O13S-. The third kappa shape index (κ3) is 8.26. The van der Waals surface area contributed by atoms with E-state index in [4.69, 9.17) is 18.9 Å². The number of alkyl halides is 2. The number of carbonyl (C=O) groups is 5. The second kappa shape index (κ2) is 15.0. The molecule has 4 fully saturated rings. The van der Waals surface area contributed by atoms with Crippen molar-refractivity contribution in [2.24, 2.45) is 46.3 Å². The van der Waals surface area contributed by atoms with E-state index in [1.807, 2.05) is 6.92 Å². The molecule has 0 spiro atoms. The van der Waals surface area contributed by atoms with Crippen molar-refractivity contribution in [3.63, 3.8) is 0 Å². The van der Waals surface area contributed by atoms with Crippen LogP contribution in [0.2, 0.25) is 0 Å². The fourth-order valence-corrected chi connectivity index (χ4v) is 10.4. The standard InChI is InChI=1S/C34H50F2O13S/c1-18(7-10-29(40)45-16-30(41)46-17-34(35,36)50(42,43)44)24-8-9-25-31-26(15-28(33(24,25)6)49-21(4)39)32(5)12-11-23(47-19(2)37)13-22(32)14-27(31)48-20(3)38/h18,22-28,31H,7-17H2,1-6H3,(H,42,43,44)/p-1/t18-,22+,23?,24-,25+,26+,27?,28?,31+,32+,33-/m1/s1. The van der Waals surface area contributed by atoms with Gasteiger partial charge in [0.25, 0.3) is 0 Å².